The minimum atomic E-state index is 0.730. The molecule has 0 atom stereocenters. The van der Waals surface area contributed by atoms with Crippen molar-refractivity contribution in [3.05, 3.63) is 29.5 Å². The largest absolute Gasteiger partial charge is 0.481 e. The lowest BCUT2D eigenvalue weighted by Crippen LogP contribution is -1.99. The Morgan fingerprint density at radius 3 is 3.11 bits per heavy atom. The van der Waals surface area contributed by atoms with Crippen molar-refractivity contribution >= 4 is 22.1 Å². The Morgan fingerprint density at radius 2 is 2.39 bits per heavy atom. The molecule has 0 spiro atoms. The molecule has 94 valence electrons. The highest BCUT2D eigenvalue weighted by atomic mass is 32.1. The second-order valence-electron chi connectivity index (χ2n) is 3.86. The van der Waals surface area contributed by atoms with Crippen LogP contribution in [0, 0.1) is 0 Å². The van der Waals surface area contributed by atoms with Gasteiger partial charge in [-0.05, 0) is 0 Å². The summed E-state index contributed by atoms with van der Waals surface area (Å²) in [7, 11) is 3.48. The van der Waals surface area contributed by atoms with E-state index in [1.807, 2.05) is 23.7 Å². The van der Waals surface area contributed by atoms with Gasteiger partial charge in [0.05, 0.1) is 13.7 Å². The van der Waals surface area contributed by atoms with Gasteiger partial charge in [-0.3, -0.25) is 4.40 Å². The topological polar surface area (TPSA) is 56.4 Å². The maximum absolute atomic E-state index is 5.16. The van der Waals surface area contributed by atoms with Gasteiger partial charge in [0.1, 0.15) is 0 Å². The van der Waals surface area contributed by atoms with E-state index in [1.165, 1.54) is 4.88 Å². The maximum Gasteiger partial charge on any atom is 0.213 e. The van der Waals surface area contributed by atoms with Crippen molar-refractivity contribution in [3.8, 4) is 5.88 Å². The molecule has 0 aromatic carbocycles. The summed E-state index contributed by atoms with van der Waals surface area (Å²) in [5.41, 5.74) is 0. The van der Waals surface area contributed by atoms with Gasteiger partial charge in [0.25, 0.3) is 0 Å². The molecular formula is C11H13N5OS. The number of thiazole rings is 1. The number of methoxy groups -OCH3 is 1. The monoisotopic (exact) mass is 263 g/mol. The Kier molecular flexibility index (Phi) is 2.67. The van der Waals surface area contributed by atoms with Gasteiger partial charge in [0, 0.05) is 36.6 Å². The Hall–Kier alpha value is -2.02. The second kappa shape index (κ2) is 4.34. The first kappa shape index (κ1) is 11.1. The molecule has 7 heteroatoms. The van der Waals surface area contributed by atoms with Gasteiger partial charge in [-0.15, -0.1) is 0 Å². The number of nitrogens with zero attached hydrogens (tertiary/aromatic N) is 4. The third kappa shape index (κ3) is 1.92. The summed E-state index contributed by atoms with van der Waals surface area (Å²) in [6.07, 6.45) is 5.81. The summed E-state index contributed by atoms with van der Waals surface area (Å²) in [6, 6.07) is 1.87. The van der Waals surface area contributed by atoms with E-state index in [9.17, 15) is 0 Å². The van der Waals surface area contributed by atoms with Crippen molar-refractivity contribution in [3.63, 3.8) is 0 Å². The lowest BCUT2D eigenvalue weighted by molar-refractivity contribution is 0.373. The van der Waals surface area contributed by atoms with Crippen LogP contribution in [0.1, 0.15) is 4.88 Å². The van der Waals surface area contributed by atoms with Crippen LogP contribution in [-0.2, 0) is 13.6 Å². The van der Waals surface area contributed by atoms with Crippen LogP contribution in [0.5, 0.6) is 5.88 Å². The zero-order valence-electron chi connectivity index (χ0n) is 10.1. The van der Waals surface area contributed by atoms with E-state index < -0.39 is 0 Å². The molecule has 3 rings (SSSR count). The zero-order valence-corrected chi connectivity index (χ0v) is 10.9. The molecule has 3 heterocycles. The van der Waals surface area contributed by atoms with E-state index in [0.29, 0.717) is 0 Å². The van der Waals surface area contributed by atoms with Crippen LogP contribution in [-0.4, -0.2) is 26.3 Å². The quantitative estimate of drug-likeness (QED) is 0.779. The van der Waals surface area contributed by atoms with Crippen LogP contribution >= 0.6 is 11.3 Å². The summed E-state index contributed by atoms with van der Waals surface area (Å²) in [5.74, 6) is 1.54. The molecule has 0 saturated heterocycles. The number of fused-ring (bicyclic) bond motifs is 1. The lowest BCUT2D eigenvalue weighted by atomic mass is 10.5. The number of nitrogens with one attached hydrogen (secondary N) is 1. The first-order valence-corrected chi connectivity index (χ1v) is 6.31. The molecule has 3 aromatic rings. The van der Waals surface area contributed by atoms with E-state index in [2.05, 4.69) is 21.6 Å². The van der Waals surface area contributed by atoms with Crippen LogP contribution in [0.3, 0.4) is 0 Å². The van der Waals surface area contributed by atoms with Crippen LogP contribution in [0.2, 0.25) is 0 Å². The van der Waals surface area contributed by atoms with E-state index in [-0.39, 0.29) is 0 Å². The van der Waals surface area contributed by atoms with E-state index >= 15 is 0 Å². The fourth-order valence-electron chi connectivity index (χ4n) is 1.76. The molecule has 0 amide bonds. The third-order valence-corrected chi connectivity index (χ3v) is 3.64. The van der Waals surface area contributed by atoms with Gasteiger partial charge >= 0.3 is 0 Å². The molecule has 0 saturated carbocycles. The Balaban J connectivity index is 1.71. The molecule has 0 unspecified atom stereocenters. The molecule has 6 nitrogen and oxygen atoms in total. The van der Waals surface area contributed by atoms with Crippen LogP contribution in [0.4, 0.5) is 5.82 Å². The Bertz CT molecular complexity index is 639. The van der Waals surface area contributed by atoms with E-state index in [0.717, 1.165) is 23.2 Å². The third-order valence-electron chi connectivity index (χ3n) is 2.63. The summed E-state index contributed by atoms with van der Waals surface area (Å²) in [5, 5.41) is 7.57. The van der Waals surface area contributed by atoms with Crippen LogP contribution in [0.15, 0.2) is 24.7 Å². The van der Waals surface area contributed by atoms with Gasteiger partial charge < -0.3 is 10.1 Å². The first-order chi connectivity index (χ1) is 8.76. The molecule has 0 aliphatic carbocycles. The predicted molar refractivity (Wildman–Crippen MR) is 70.2 cm³/mol. The maximum atomic E-state index is 5.16. The number of imidazole rings is 1. The highest BCUT2D eigenvalue weighted by Crippen LogP contribution is 2.19. The molecule has 3 aromatic heterocycles. The fraction of sp³-hybridized carbons (Fsp3) is 0.273. The van der Waals surface area contributed by atoms with Gasteiger partial charge in [-0.2, -0.15) is 5.10 Å². The Morgan fingerprint density at radius 1 is 1.50 bits per heavy atom. The lowest BCUT2D eigenvalue weighted by Gasteiger charge is -1.98. The van der Waals surface area contributed by atoms with Gasteiger partial charge in [-0.25, -0.2) is 9.67 Å². The summed E-state index contributed by atoms with van der Waals surface area (Å²) in [6.45, 7) is 0.730. The van der Waals surface area contributed by atoms with Crippen LogP contribution < -0.4 is 10.1 Å². The van der Waals surface area contributed by atoms with Crippen molar-refractivity contribution in [2.45, 2.75) is 6.54 Å². The summed E-state index contributed by atoms with van der Waals surface area (Å²) < 4.78 is 8.87. The summed E-state index contributed by atoms with van der Waals surface area (Å²) >= 11 is 1.66. The highest BCUT2D eigenvalue weighted by molar-refractivity contribution is 7.17. The van der Waals surface area contributed by atoms with Gasteiger partial charge in [-0.1, -0.05) is 11.3 Å². The standard InChI is InChI=1S/C11H13N5OS/c1-15-10(17-2)5-9(14-15)13-6-8-7-16-4-3-12-11(16)18-8/h3-5,7H,6H2,1-2H3,(H,13,14). The summed E-state index contributed by atoms with van der Waals surface area (Å²) in [4.78, 5) is 6.46. The molecule has 0 bridgehead atoms. The van der Waals surface area contributed by atoms with E-state index in [1.54, 1.807) is 29.3 Å². The number of aryl methyl sites for hydroxylation is 1. The first-order valence-electron chi connectivity index (χ1n) is 5.49. The van der Waals surface area contributed by atoms with Crippen molar-refractivity contribution in [1.82, 2.24) is 19.2 Å². The minimum absolute atomic E-state index is 0.730. The van der Waals surface area contributed by atoms with Crippen molar-refractivity contribution in [2.24, 2.45) is 7.05 Å². The SMILES string of the molecule is COc1cc(NCc2cn3ccnc3s2)nn1C. The van der Waals surface area contributed by atoms with Crippen molar-refractivity contribution in [2.75, 3.05) is 12.4 Å². The van der Waals surface area contributed by atoms with Gasteiger partial charge in [0.15, 0.2) is 10.8 Å². The van der Waals surface area contributed by atoms with E-state index in [4.69, 9.17) is 4.74 Å². The number of ether oxygens (including phenoxy) is 1. The number of hydrogen-bond donors (Lipinski definition) is 1. The molecular weight excluding hydrogens is 250 g/mol. The fourth-order valence-corrected chi connectivity index (χ4v) is 2.64. The second-order valence-corrected chi connectivity index (χ2v) is 4.96. The smallest absolute Gasteiger partial charge is 0.213 e. The normalized spacial score (nSPS) is 11.0. The Labute approximate surface area is 108 Å². The predicted octanol–water partition coefficient (Wildman–Crippen LogP) is 1.75. The van der Waals surface area contributed by atoms with Gasteiger partial charge in [0.2, 0.25) is 5.88 Å². The molecule has 0 aliphatic heterocycles. The molecule has 0 fully saturated rings. The minimum Gasteiger partial charge on any atom is -0.481 e. The highest BCUT2D eigenvalue weighted by Gasteiger charge is 2.06. The number of rotatable bonds is 4. The average molecular weight is 263 g/mol. The molecule has 18 heavy (non-hydrogen) atoms. The number of hydrogen-bond acceptors (Lipinski definition) is 5. The molecule has 1 N–H and O–H groups in total. The van der Waals surface area contributed by atoms with Crippen molar-refractivity contribution in [1.29, 1.82) is 0 Å². The zero-order chi connectivity index (χ0) is 12.5. The molecule has 0 radical (unpaired) electrons. The van der Waals surface area contributed by atoms with Crippen LogP contribution in [0.25, 0.3) is 4.96 Å². The van der Waals surface area contributed by atoms with Crippen molar-refractivity contribution < 1.29 is 4.74 Å². The number of aromatic nitrogens is 4. The average Bonchev–Trinajstić information content (AvgIpc) is 2.99. The number of anilines is 1. The molecule has 0 aliphatic rings.